The Balaban J connectivity index is 1.61. The molecule has 0 atom stereocenters. The number of aromatic nitrogens is 3. The van der Waals surface area contributed by atoms with E-state index in [0.717, 1.165) is 33.8 Å². The second-order valence-electron chi connectivity index (χ2n) is 6.52. The molecule has 0 radical (unpaired) electrons. The number of ether oxygens (including phenoxy) is 1. The summed E-state index contributed by atoms with van der Waals surface area (Å²) in [7, 11) is 0. The van der Waals surface area contributed by atoms with Gasteiger partial charge in [0.15, 0.2) is 5.65 Å². The molecule has 4 aromatic rings. The predicted octanol–water partition coefficient (Wildman–Crippen LogP) is 4.85. The summed E-state index contributed by atoms with van der Waals surface area (Å²) < 4.78 is 21.0. The van der Waals surface area contributed by atoms with Crippen molar-refractivity contribution < 1.29 is 9.13 Å². The Hall–Kier alpha value is -3.41. The van der Waals surface area contributed by atoms with Crippen LogP contribution in [0.3, 0.4) is 0 Å². The third kappa shape index (κ3) is 3.53. The lowest BCUT2D eigenvalue weighted by atomic mass is 10.1. The van der Waals surface area contributed by atoms with Gasteiger partial charge in [-0.25, -0.2) is 9.37 Å². The maximum absolute atomic E-state index is 13.6. The Morgan fingerprint density at radius 3 is 2.86 bits per heavy atom. The van der Waals surface area contributed by atoms with Crippen LogP contribution in [-0.2, 0) is 6.54 Å². The molecule has 142 valence electrons. The van der Waals surface area contributed by atoms with Gasteiger partial charge in [0, 0.05) is 18.3 Å². The van der Waals surface area contributed by atoms with Crippen molar-refractivity contribution in [3.63, 3.8) is 0 Å². The van der Waals surface area contributed by atoms with Gasteiger partial charge in [0.1, 0.15) is 17.4 Å². The van der Waals surface area contributed by atoms with Crippen LogP contribution < -0.4 is 10.1 Å². The molecular weight excluding hydrogens is 355 g/mol. The van der Waals surface area contributed by atoms with Crippen molar-refractivity contribution in [1.29, 1.82) is 0 Å². The van der Waals surface area contributed by atoms with E-state index in [0.29, 0.717) is 18.8 Å². The molecule has 6 heteroatoms. The van der Waals surface area contributed by atoms with Crippen LogP contribution in [0.1, 0.15) is 18.1 Å². The quantitative estimate of drug-likeness (QED) is 0.522. The fourth-order valence-corrected chi connectivity index (χ4v) is 3.14. The van der Waals surface area contributed by atoms with Gasteiger partial charge in [-0.1, -0.05) is 24.3 Å². The van der Waals surface area contributed by atoms with Crippen LogP contribution in [0.25, 0.3) is 16.8 Å². The average molecular weight is 376 g/mol. The number of anilines is 1. The number of halogens is 1. The molecule has 0 aliphatic heterocycles. The molecule has 4 rings (SSSR count). The summed E-state index contributed by atoms with van der Waals surface area (Å²) in [6, 6.07) is 14.5. The van der Waals surface area contributed by atoms with Gasteiger partial charge in [0.05, 0.1) is 12.8 Å². The van der Waals surface area contributed by atoms with E-state index in [9.17, 15) is 4.39 Å². The van der Waals surface area contributed by atoms with Crippen molar-refractivity contribution in [3.8, 4) is 16.9 Å². The van der Waals surface area contributed by atoms with E-state index in [1.807, 2.05) is 32.0 Å². The minimum Gasteiger partial charge on any atom is -0.494 e. The molecule has 0 unspecified atom stereocenters. The first-order valence-electron chi connectivity index (χ1n) is 9.20. The van der Waals surface area contributed by atoms with Gasteiger partial charge in [0.25, 0.3) is 0 Å². The van der Waals surface area contributed by atoms with Gasteiger partial charge in [-0.05, 0) is 54.8 Å². The molecule has 2 aromatic heterocycles. The maximum Gasteiger partial charge on any atom is 0.165 e. The standard InChI is InChI=1S/C22H21FN4O/c1-3-28-20-11-16(8-7-15(20)2)13-25-21-9-10-24-22-19(14-26-27(21)22)17-5-4-6-18(23)12-17/h4-12,14,25H,3,13H2,1-2H3. The maximum atomic E-state index is 13.6. The summed E-state index contributed by atoms with van der Waals surface area (Å²) in [6.07, 6.45) is 3.43. The van der Waals surface area contributed by atoms with E-state index in [-0.39, 0.29) is 5.82 Å². The van der Waals surface area contributed by atoms with Gasteiger partial charge in [-0.15, -0.1) is 0 Å². The van der Waals surface area contributed by atoms with E-state index in [4.69, 9.17) is 4.74 Å². The molecule has 0 aliphatic carbocycles. The number of hydrogen-bond donors (Lipinski definition) is 1. The lowest BCUT2D eigenvalue weighted by molar-refractivity contribution is 0.337. The number of aryl methyl sites for hydroxylation is 1. The second kappa shape index (κ2) is 7.68. The molecule has 5 nitrogen and oxygen atoms in total. The fraction of sp³-hybridized carbons (Fsp3) is 0.182. The van der Waals surface area contributed by atoms with Crippen molar-refractivity contribution in [1.82, 2.24) is 14.6 Å². The van der Waals surface area contributed by atoms with Crippen molar-refractivity contribution in [2.45, 2.75) is 20.4 Å². The Morgan fingerprint density at radius 2 is 2.04 bits per heavy atom. The summed E-state index contributed by atoms with van der Waals surface area (Å²) in [5.74, 6) is 1.43. The first-order valence-corrected chi connectivity index (χ1v) is 9.20. The molecule has 0 spiro atoms. The first-order chi connectivity index (χ1) is 13.7. The fourth-order valence-electron chi connectivity index (χ4n) is 3.14. The molecule has 2 heterocycles. The summed E-state index contributed by atoms with van der Waals surface area (Å²) in [6.45, 7) is 5.27. The van der Waals surface area contributed by atoms with Gasteiger partial charge < -0.3 is 10.1 Å². The Labute approximate surface area is 162 Å². The summed E-state index contributed by atoms with van der Waals surface area (Å²) in [4.78, 5) is 4.43. The van der Waals surface area contributed by atoms with E-state index in [1.165, 1.54) is 12.1 Å². The molecule has 28 heavy (non-hydrogen) atoms. The molecule has 1 N–H and O–H groups in total. The summed E-state index contributed by atoms with van der Waals surface area (Å²) >= 11 is 0. The lowest BCUT2D eigenvalue weighted by Gasteiger charge is -2.11. The zero-order valence-electron chi connectivity index (χ0n) is 15.8. The van der Waals surface area contributed by atoms with Crippen molar-refractivity contribution >= 4 is 11.5 Å². The van der Waals surface area contributed by atoms with Crippen LogP contribution in [-0.4, -0.2) is 21.2 Å². The zero-order valence-corrected chi connectivity index (χ0v) is 15.8. The highest BCUT2D eigenvalue weighted by Crippen LogP contribution is 2.26. The molecule has 0 fully saturated rings. The molecule has 0 saturated carbocycles. The van der Waals surface area contributed by atoms with E-state index in [1.54, 1.807) is 23.0 Å². The van der Waals surface area contributed by atoms with Gasteiger partial charge in [0.2, 0.25) is 0 Å². The van der Waals surface area contributed by atoms with Crippen molar-refractivity contribution in [2.24, 2.45) is 0 Å². The summed E-state index contributed by atoms with van der Waals surface area (Å²) in [5.41, 5.74) is 4.44. The number of benzene rings is 2. The first kappa shape index (κ1) is 18.0. The second-order valence-corrected chi connectivity index (χ2v) is 6.52. The van der Waals surface area contributed by atoms with Crippen LogP contribution in [0.5, 0.6) is 5.75 Å². The Bertz CT molecular complexity index is 1120. The third-order valence-electron chi connectivity index (χ3n) is 4.56. The highest BCUT2D eigenvalue weighted by atomic mass is 19.1. The number of rotatable bonds is 6. The molecular formula is C22H21FN4O. The predicted molar refractivity (Wildman–Crippen MR) is 108 cm³/mol. The van der Waals surface area contributed by atoms with Gasteiger partial charge >= 0.3 is 0 Å². The Morgan fingerprint density at radius 1 is 1.14 bits per heavy atom. The van der Waals surface area contributed by atoms with Crippen LogP contribution >= 0.6 is 0 Å². The highest BCUT2D eigenvalue weighted by Gasteiger charge is 2.11. The normalized spacial score (nSPS) is 11.0. The number of nitrogens with one attached hydrogen (secondary N) is 1. The van der Waals surface area contributed by atoms with Crippen LogP contribution in [0.2, 0.25) is 0 Å². The zero-order chi connectivity index (χ0) is 19.5. The minimum atomic E-state index is -0.282. The van der Waals surface area contributed by atoms with Gasteiger partial charge in [-0.2, -0.15) is 9.61 Å². The molecule has 2 aromatic carbocycles. The largest absolute Gasteiger partial charge is 0.494 e. The van der Waals surface area contributed by atoms with Crippen molar-refractivity contribution in [2.75, 3.05) is 11.9 Å². The smallest absolute Gasteiger partial charge is 0.165 e. The van der Waals surface area contributed by atoms with E-state index in [2.05, 4.69) is 27.5 Å². The molecule has 0 amide bonds. The highest BCUT2D eigenvalue weighted by molar-refractivity contribution is 5.77. The Kier molecular flexibility index (Phi) is 4.93. The topological polar surface area (TPSA) is 51.5 Å². The number of fused-ring (bicyclic) bond motifs is 1. The SMILES string of the molecule is CCOc1cc(CNc2ccnc3c(-c4cccc(F)c4)cnn23)ccc1C. The minimum absolute atomic E-state index is 0.282. The van der Waals surface area contributed by atoms with Crippen molar-refractivity contribution in [3.05, 3.63) is 77.9 Å². The molecule has 0 bridgehead atoms. The van der Waals surface area contributed by atoms with Crippen LogP contribution in [0.4, 0.5) is 10.2 Å². The number of hydrogen-bond acceptors (Lipinski definition) is 4. The average Bonchev–Trinajstić information content (AvgIpc) is 3.13. The number of nitrogens with zero attached hydrogens (tertiary/aromatic N) is 3. The van der Waals surface area contributed by atoms with Crippen LogP contribution in [0.15, 0.2) is 60.9 Å². The third-order valence-corrected chi connectivity index (χ3v) is 4.56. The molecule has 0 saturated heterocycles. The molecule has 0 aliphatic rings. The van der Waals surface area contributed by atoms with E-state index < -0.39 is 0 Å². The summed E-state index contributed by atoms with van der Waals surface area (Å²) in [5, 5.41) is 7.84. The van der Waals surface area contributed by atoms with E-state index >= 15 is 0 Å². The van der Waals surface area contributed by atoms with Crippen LogP contribution in [0, 0.1) is 12.7 Å². The van der Waals surface area contributed by atoms with Gasteiger partial charge in [-0.3, -0.25) is 0 Å². The monoisotopic (exact) mass is 376 g/mol. The lowest BCUT2D eigenvalue weighted by Crippen LogP contribution is -2.06.